The zero-order valence-electron chi connectivity index (χ0n) is 37.6. The molecule has 3 heterocycles. The first-order valence-electron chi connectivity index (χ1n) is 21.6. The molecule has 1 radical (unpaired) electrons. The van der Waals surface area contributed by atoms with Crippen molar-refractivity contribution >= 4 is 71.0 Å². The van der Waals surface area contributed by atoms with Gasteiger partial charge in [-0.1, -0.05) is 108 Å². The molecular weight excluding hydrogens is 975 g/mol. The molecule has 3 nitrogen and oxygen atoms in total. The summed E-state index contributed by atoms with van der Waals surface area (Å²) in [7, 11) is 0. The fourth-order valence-corrected chi connectivity index (χ4v) is 12.3. The van der Waals surface area contributed by atoms with Crippen LogP contribution in [0.3, 0.4) is 0 Å². The van der Waals surface area contributed by atoms with Crippen molar-refractivity contribution in [1.82, 2.24) is 14.5 Å². The van der Waals surface area contributed by atoms with Crippen LogP contribution in [0.15, 0.2) is 158 Å². The van der Waals surface area contributed by atoms with E-state index in [-0.39, 0.29) is 25.7 Å². The average Bonchev–Trinajstić information content (AvgIpc) is 3.84. The van der Waals surface area contributed by atoms with E-state index in [2.05, 4.69) is 160 Å². The Labute approximate surface area is 373 Å². The van der Waals surface area contributed by atoms with Crippen LogP contribution in [-0.2, 0) is 20.1 Å². The Morgan fingerprint density at radius 2 is 1.51 bits per heavy atom. The van der Waals surface area contributed by atoms with Crippen LogP contribution in [0.5, 0.6) is 0 Å². The molecule has 0 spiro atoms. The van der Waals surface area contributed by atoms with Crippen LogP contribution >= 0.6 is 11.3 Å². The maximum absolute atomic E-state index is 8.49. The second-order valence-electron chi connectivity index (χ2n) is 15.9. The quantitative estimate of drug-likeness (QED) is 0.123. The van der Waals surface area contributed by atoms with Gasteiger partial charge in [0.25, 0.3) is 0 Å². The minimum atomic E-state index is -2.14. The van der Waals surface area contributed by atoms with Gasteiger partial charge in [0.05, 0.1) is 22.5 Å². The summed E-state index contributed by atoms with van der Waals surface area (Å²) >= 11 is -0.324. The van der Waals surface area contributed by atoms with Crippen LogP contribution in [0.1, 0.15) is 36.4 Å². The van der Waals surface area contributed by atoms with Gasteiger partial charge in [0, 0.05) is 35.8 Å². The standard InChI is InChI=1S/C35H21N2S.C18H24GeN.Ir/c1-2-11-23(12-3-1)26-22-21-24-13-4-5-14-25(24)33(26)37-31-19-8-7-18-30(31)36-35(37)29-17-10-16-28-27-15-6-9-20-32(27)38-34(28)29;1-13(2)16-11-18(15-9-7-14(3)8-10-15)20-12-17(16)19(4,5)6;/h1-16,18-22H;7-9,11-13H,1-6H3;/q2*-1;/i;3D3,13D;. The number of fused-ring (bicyclic) bond motifs is 5. The van der Waals surface area contributed by atoms with Gasteiger partial charge in [0.1, 0.15) is 0 Å². The molecule has 0 saturated heterocycles. The number of hydrogen-bond donors (Lipinski definition) is 0. The van der Waals surface area contributed by atoms with Crippen LogP contribution in [0.25, 0.3) is 81.4 Å². The first kappa shape index (κ1) is 35.7. The maximum atomic E-state index is 8.49. The number of imidazole rings is 1. The SMILES string of the molecule is [2H]C([2H])([2H])c1c[c-]c(-c2cc(C([2H])(C)C)[c]([Ge]([CH3])([CH3])[CH3])cn2)cc1.[Ir].[c-]1ccc2c(sc3ccccc32)c1-c1nc2ccccc2n1-c1c(-c2ccccc2)ccc2ccccc12. The van der Waals surface area contributed by atoms with Crippen molar-refractivity contribution in [1.29, 1.82) is 0 Å². The van der Waals surface area contributed by atoms with E-state index in [0.717, 1.165) is 44.9 Å². The molecule has 0 aliphatic rings. The smallest absolute Gasteiger partial charge is 0.0774 e. The molecule has 0 aliphatic carbocycles. The first-order valence-corrected chi connectivity index (χ1v) is 27.7. The Kier molecular flexibility index (Phi) is 10.2. The van der Waals surface area contributed by atoms with Gasteiger partial charge in [0.15, 0.2) is 0 Å². The predicted molar refractivity (Wildman–Crippen MR) is 251 cm³/mol. The molecule has 59 heavy (non-hydrogen) atoms. The van der Waals surface area contributed by atoms with Gasteiger partial charge in [0.2, 0.25) is 0 Å². The van der Waals surface area contributed by atoms with Gasteiger partial charge in [-0.05, 0) is 39.2 Å². The number of pyridine rings is 1. The monoisotopic (exact) mass is 1030 g/mol. The second-order valence-corrected chi connectivity index (χ2v) is 27.5. The summed E-state index contributed by atoms with van der Waals surface area (Å²) in [6, 6.07) is 58.5. The van der Waals surface area contributed by atoms with Crippen molar-refractivity contribution < 1.29 is 25.6 Å². The van der Waals surface area contributed by atoms with E-state index in [1.54, 1.807) is 12.1 Å². The van der Waals surface area contributed by atoms with E-state index in [1.807, 2.05) is 43.5 Å². The van der Waals surface area contributed by atoms with E-state index in [4.69, 9.17) is 10.5 Å². The zero-order valence-corrected chi connectivity index (χ0v) is 38.9. The van der Waals surface area contributed by atoms with Crippen molar-refractivity contribution in [2.24, 2.45) is 0 Å². The minimum absolute atomic E-state index is 0. The number of thiophene rings is 1. The Morgan fingerprint density at radius 3 is 2.27 bits per heavy atom. The van der Waals surface area contributed by atoms with Gasteiger partial charge in [-0.15, -0.1) is 18.2 Å². The molecule has 293 valence electrons. The Morgan fingerprint density at radius 1 is 0.763 bits per heavy atom. The number of aromatic nitrogens is 3. The number of nitrogens with zero attached hydrogens (tertiary/aromatic N) is 3. The van der Waals surface area contributed by atoms with Crippen molar-refractivity contribution in [3.05, 3.63) is 181 Å². The molecule has 10 rings (SSSR count). The summed E-state index contributed by atoms with van der Waals surface area (Å²) in [6.45, 7) is 1.66. The van der Waals surface area contributed by atoms with Gasteiger partial charge in [-0.2, -0.15) is 11.3 Å². The summed E-state index contributed by atoms with van der Waals surface area (Å²) in [5.41, 5.74) is 9.36. The Hall–Kier alpha value is -5.17. The topological polar surface area (TPSA) is 30.7 Å². The largest absolute Gasteiger partial charge is 0.332 e. The van der Waals surface area contributed by atoms with Crippen LogP contribution in [0, 0.1) is 19.0 Å². The summed E-state index contributed by atoms with van der Waals surface area (Å²) in [5, 5.41) is 4.93. The summed E-state index contributed by atoms with van der Waals surface area (Å²) in [6.07, 6.45) is 1.91. The van der Waals surface area contributed by atoms with Crippen molar-refractivity contribution in [3.8, 4) is 39.5 Å². The fourth-order valence-electron chi connectivity index (χ4n) is 7.82. The third-order valence-corrected chi connectivity index (χ3v) is 16.1. The molecule has 10 aromatic rings. The maximum Gasteiger partial charge on any atom is 0.0774 e. The average molecular weight is 1020 g/mol. The molecular formula is C53H45GeIrN3S-2. The first-order chi connectivity index (χ1) is 29.7. The third-order valence-electron chi connectivity index (χ3n) is 10.7. The van der Waals surface area contributed by atoms with Crippen LogP contribution in [-0.4, -0.2) is 27.8 Å². The van der Waals surface area contributed by atoms with Gasteiger partial charge in [-0.25, -0.2) is 0 Å². The van der Waals surface area contributed by atoms with E-state index in [9.17, 15) is 0 Å². The second kappa shape index (κ2) is 16.8. The molecule has 0 atom stereocenters. The molecule has 7 aromatic carbocycles. The number of hydrogen-bond acceptors (Lipinski definition) is 3. The summed E-state index contributed by atoms with van der Waals surface area (Å²) in [5.74, 6) is 7.09. The van der Waals surface area contributed by atoms with E-state index < -0.39 is 26.0 Å². The summed E-state index contributed by atoms with van der Waals surface area (Å²) in [4.78, 5) is 9.83. The third kappa shape index (κ3) is 7.85. The van der Waals surface area contributed by atoms with E-state index in [1.165, 1.54) is 52.5 Å². The molecule has 0 saturated carbocycles. The molecule has 0 N–H and O–H groups in total. The van der Waals surface area contributed by atoms with Gasteiger partial charge < -0.3 is 4.57 Å². The normalized spacial score (nSPS) is 13.0. The molecule has 0 fully saturated rings. The molecule has 0 aliphatic heterocycles. The zero-order chi connectivity index (χ0) is 43.4. The van der Waals surface area contributed by atoms with Crippen LogP contribution < -0.4 is 4.40 Å². The molecule has 3 aromatic heterocycles. The van der Waals surface area contributed by atoms with Crippen LogP contribution in [0.4, 0.5) is 0 Å². The number of para-hydroxylation sites is 2. The van der Waals surface area contributed by atoms with E-state index >= 15 is 0 Å². The summed E-state index contributed by atoms with van der Waals surface area (Å²) < 4.78 is 36.9. The number of rotatable bonds is 6. The van der Waals surface area contributed by atoms with Gasteiger partial charge >= 0.3 is 131 Å². The van der Waals surface area contributed by atoms with Crippen molar-refractivity contribution in [2.75, 3.05) is 0 Å². The fraction of sp³-hybridized carbons (Fsp3) is 0.132. The van der Waals surface area contributed by atoms with Crippen molar-refractivity contribution in [2.45, 2.75) is 43.9 Å². The molecule has 0 amide bonds. The Bertz CT molecular complexity index is 3260. The number of aryl methyl sites for hydroxylation is 1. The molecule has 0 bridgehead atoms. The van der Waals surface area contributed by atoms with Crippen molar-refractivity contribution in [3.63, 3.8) is 0 Å². The predicted octanol–water partition coefficient (Wildman–Crippen LogP) is 14.2. The number of benzene rings is 7. The molecule has 0 unspecified atom stereocenters. The Balaban J connectivity index is 0.000000190. The molecule has 6 heteroatoms. The van der Waals surface area contributed by atoms with Gasteiger partial charge in [-0.3, -0.25) is 4.98 Å². The minimum Gasteiger partial charge on any atom is -0.332 e. The van der Waals surface area contributed by atoms with E-state index in [0.29, 0.717) is 0 Å². The van der Waals surface area contributed by atoms with Crippen LogP contribution in [0.2, 0.25) is 17.3 Å².